The van der Waals surface area contributed by atoms with Gasteiger partial charge in [0, 0.05) is 38.4 Å². The van der Waals surface area contributed by atoms with Crippen LogP contribution in [0.5, 0.6) is 0 Å². The Balaban J connectivity index is 1.75. The number of nitrogens with two attached hydrogens (primary N) is 1. The summed E-state index contributed by atoms with van der Waals surface area (Å²) in [6.07, 6.45) is 0. The van der Waals surface area contributed by atoms with E-state index in [0.717, 1.165) is 45.0 Å². The van der Waals surface area contributed by atoms with Gasteiger partial charge in [-0.1, -0.05) is 32.9 Å². The topological polar surface area (TPSA) is 90.7 Å². The molecule has 1 fully saturated rings. The minimum Gasteiger partial charge on any atom is -0.346 e. The highest BCUT2D eigenvalue weighted by atomic mass is 16.2. The number of amides is 2. The fourth-order valence-corrected chi connectivity index (χ4v) is 3.01. The third-order valence-corrected chi connectivity index (χ3v) is 5.00. The van der Waals surface area contributed by atoms with Crippen molar-refractivity contribution in [3.63, 3.8) is 0 Å². The molecule has 0 aromatic heterocycles. The van der Waals surface area contributed by atoms with Gasteiger partial charge in [0.1, 0.15) is 0 Å². The highest BCUT2D eigenvalue weighted by Crippen LogP contribution is 2.13. The number of rotatable bonds is 8. The molecule has 2 amide bonds. The van der Waals surface area contributed by atoms with E-state index in [4.69, 9.17) is 5.73 Å². The molecule has 1 aliphatic heterocycles. The Bertz CT molecular complexity index is 609. The van der Waals surface area contributed by atoms with Gasteiger partial charge in [0.25, 0.3) is 0 Å². The highest BCUT2D eigenvalue weighted by molar-refractivity contribution is 5.95. The van der Waals surface area contributed by atoms with Crippen LogP contribution < -0.4 is 16.4 Å². The predicted molar refractivity (Wildman–Crippen MR) is 108 cm³/mol. The zero-order valence-corrected chi connectivity index (χ0v) is 16.7. The SMILES string of the molecule is CCN1CCN(Cc2ccc(NC(=O)CNC(=O)[C@@H](N)C(C)C)cc2)CC1. The quantitative estimate of drug-likeness (QED) is 0.627. The lowest BCUT2D eigenvalue weighted by molar-refractivity contribution is -0.125. The predicted octanol–water partition coefficient (Wildman–Crippen LogP) is 0.862. The van der Waals surface area contributed by atoms with Crippen LogP contribution in [0.15, 0.2) is 24.3 Å². The lowest BCUT2D eigenvalue weighted by Crippen LogP contribution is -2.46. The number of piperazine rings is 1. The number of likely N-dealkylation sites (N-methyl/N-ethyl adjacent to an activating group) is 1. The van der Waals surface area contributed by atoms with Crippen molar-refractivity contribution in [2.75, 3.05) is 44.6 Å². The molecular weight excluding hydrogens is 342 g/mol. The number of benzene rings is 1. The highest BCUT2D eigenvalue weighted by Gasteiger charge is 2.18. The van der Waals surface area contributed by atoms with E-state index in [9.17, 15) is 9.59 Å². The van der Waals surface area contributed by atoms with Gasteiger partial charge in [-0.15, -0.1) is 0 Å². The van der Waals surface area contributed by atoms with E-state index in [1.807, 2.05) is 38.1 Å². The van der Waals surface area contributed by atoms with Crippen LogP contribution in [0, 0.1) is 5.92 Å². The molecule has 0 radical (unpaired) electrons. The van der Waals surface area contributed by atoms with Gasteiger partial charge < -0.3 is 21.3 Å². The van der Waals surface area contributed by atoms with Crippen LogP contribution in [0.25, 0.3) is 0 Å². The Kier molecular flexibility index (Phi) is 8.22. The zero-order valence-electron chi connectivity index (χ0n) is 16.7. The van der Waals surface area contributed by atoms with Gasteiger partial charge >= 0.3 is 0 Å². The third-order valence-electron chi connectivity index (χ3n) is 5.00. The Hall–Kier alpha value is -1.96. The van der Waals surface area contributed by atoms with E-state index in [1.54, 1.807) is 0 Å². The summed E-state index contributed by atoms with van der Waals surface area (Å²) in [6, 6.07) is 7.27. The van der Waals surface area contributed by atoms with Gasteiger partial charge in [0.2, 0.25) is 11.8 Å². The maximum absolute atomic E-state index is 12.0. The standard InChI is InChI=1S/C20H33N5O2/c1-4-24-9-11-25(12-10-24)14-16-5-7-17(8-6-16)23-18(26)13-22-20(27)19(21)15(2)3/h5-8,15,19H,4,9-14,21H2,1-3H3,(H,22,27)(H,23,26)/t19-/m0/s1. The Morgan fingerprint density at radius 2 is 1.67 bits per heavy atom. The van der Waals surface area contributed by atoms with E-state index in [2.05, 4.69) is 27.4 Å². The monoisotopic (exact) mass is 375 g/mol. The average Bonchev–Trinajstić information content (AvgIpc) is 2.67. The van der Waals surface area contributed by atoms with Crippen LogP contribution in [0.2, 0.25) is 0 Å². The molecule has 1 aromatic rings. The Morgan fingerprint density at radius 1 is 1.07 bits per heavy atom. The maximum atomic E-state index is 12.0. The number of hydrogen-bond donors (Lipinski definition) is 3. The maximum Gasteiger partial charge on any atom is 0.243 e. The lowest BCUT2D eigenvalue weighted by Gasteiger charge is -2.34. The van der Waals surface area contributed by atoms with E-state index in [1.165, 1.54) is 5.56 Å². The molecule has 1 saturated heterocycles. The molecule has 0 spiro atoms. The van der Waals surface area contributed by atoms with Gasteiger partial charge in [-0.2, -0.15) is 0 Å². The molecule has 0 bridgehead atoms. The van der Waals surface area contributed by atoms with Crippen molar-refractivity contribution in [3.8, 4) is 0 Å². The van der Waals surface area contributed by atoms with Crippen LogP contribution in [0.4, 0.5) is 5.69 Å². The van der Waals surface area contributed by atoms with Crippen LogP contribution in [-0.2, 0) is 16.1 Å². The number of hydrogen-bond acceptors (Lipinski definition) is 5. The summed E-state index contributed by atoms with van der Waals surface area (Å²) in [4.78, 5) is 28.7. The second kappa shape index (κ2) is 10.4. The molecule has 1 aliphatic rings. The second-order valence-electron chi connectivity index (χ2n) is 7.44. The summed E-state index contributed by atoms with van der Waals surface area (Å²) in [5, 5.41) is 5.37. The molecule has 7 heteroatoms. The lowest BCUT2D eigenvalue weighted by atomic mass is 10.1. The number of anilines is 1. The van der Waals surface area contributed by atoms with Crippen molar-refractivity contribution >= 4 is 17.5 Å². The molecule has 1 atom stereocenters. The van der Waals surface area contributed by atoms with Crippen molar-refractivity contribution < 1.29 is 9.59 Å². The molecule has 4 N–H and O–H groups in total. The number of nitrogens with zero attached hydrogens (tertiary/aromatic N) is 2. The van der Waals surface area contributed by atoms with Gasteiger partial charge in [0.15, 0.2) is 0 Å². The molecule has 1 aromatic carbocycles. The summed E-state index contributed by atoms with van der Waals surface area (Å²) in [7, 11) is 0. The fourth-order valence-electron chi connectivity index (χ4n) is 3.01. The Labute approximate surface area is 162 Å². The molecule has 150 valence electrons. The minimum absolute atomic E-state index is 0.0329. The minimum atomic E-state index is -0.601. The van der Waals surface area contributed by atoms with Crippen molar-refractivity contribution in [1.82, 2.24) is 15.1 Å². The van der Waals surface area contributed by atoms with Crippen LogP contribution in [0.1, 0.15) is 26.3 Å². The molecule has 7 nitrogen and oxygen atoms in total. The normalized spacial score (nSPS) is 16.9. The number of carbonyl (C=O) groups excluding carboxylic acids is 2. The molecule has 0 saturated carbocycles. The summed E-state index contributed by atoms with van der Waals surface area (Å²) >= 11 is 0. The smallest absolute Gasteiger partial charge is 0.243 e. The summed E-state index contributed by atoms with van der Waals surface area (Å²) in [5.74, 6) is -0.535. The largest absolute Gasteiger partial charge is 0.346 e. The fraction of sp³-hybridized carbons (Fsp3) is 0.600. The second-order valence-corrected chi connectivity index (χ2v) is 7.44. The zero-order chi connectivity index (χ0) is 19.8. The van der Waals surface area contributed by atoms with Gasteiger partial charge in [-0.3, -0.25) is 14.5 Å². The first-order valence-corrected chi connectivity index (χ1v) is 9.75. The van der Waals surface area contributed by atoms with Crippen molar-refractivity contribution in [2.45, 2.75) is 33.4 Å². The number of nitrogens with one attached hydrogen (secondary N) is 2. The van der Waals surface area contributed by atoms with Crippen molar-refractivity contribution in [3.05, 3.63) is 29.8 Å². The average molecular weight is 376 g/mol. The number of carbonyl (C=O) groups is 2. The Morgan fingerprint density at radius 3 is 2.22 bits per heavy atom. The van der Waals surface area contributed by atoms with Gasteiger partial charge in [0.05, 0.1) is 12.6 Å². The first-order valence-electron chi connectivity index (χ1n) is 9.75. The van der Waals surface area contributed by atoms with E-state index in [-0.39, 0.29) is 24.3 Å². The molecule has 0 aliphatic carbocycles. The third kappa shape index (κ3) is 6.93. The van der Waals surface area contributed by atoms with Crippen LogP contribution >= 0.6 is 0 Å². The van der Waals surface area contributed by atoms with Gasteiger partial charge in [-0.05, 0) is 30.2 Å². The summed E-state index contributed by atoms with van der Waals surface area (Å²) < 4.78 is 0. The summed E-state index contributed by atoms with van der Waals surface area (Å²) in [6.45, 7) is 12.3. The van der Waals surface area contributed by atoms with Crippen molar-refractivity contribution in [2.24, 2.45) is 11.7 Å². The molecular formula is C20H33N5O2. The van der Waals surface area contributed by atoms with Crippen LogP contribution in [-0.4, -0.2) is 66.9 Å². The molecule has 1 heterocycles. The van der Waals surface area contributed by atoms with E-state index in [0.29, 0.717) is 0 Å². The van der Waals surface area contributed by atoms with E-state index < -0.39 is 6.04 Å². The molecule has 2 rings (SSSR count). The molecule has 0 unspecified atom stereocenters. The molecule has 27 heavy (non-hydrogen) atoms. The van der Waals surface area contributed by atoms with Crippen LogP contribution in [0.3, 0.4) is 0 Å². The first-order chi connectivity index (χ1) is 12.9. The van der Waals surface area contributed by atoms with E-state index >= 15 is 0 Å². The summed E-state index contributed by atoms with van der Waals surface area (Å²) in [5.41, 5.74) is 7.71. The van der Waals surface area contributed by atoms with Crippen molar-refractivity contribution in [1.29, 1.82) is 0 Å². The van der Waals surface area contributed by atoms with Gasteiger partial charge in [-0.25, -0.2) is 0 Å². The first kappa shape index (κ1) is 21.3.